The molecule has 7 heteroatoms. The van der Waals surface area contributed by atoms with Crippen LogP contribution in [0.4, 0.5) is 0 Å². The van der Waals surface area contributed by atoms with Crippen LogP contribution in [0, 0.1) is 0 Å². The van der Waals surface area contributed by atoms with E-state index in [0.717, 1.165) is 35.8 Å². The Bertz CT molecular complexity index is 491. The number of nitrogens with zero attached hydrogens (tertiary/aromatic N) is 4. The van der Waals surface area contributed by atoms with Crippen LogP contribution in [0.15, 0.2) is 12.4 Å². The van der Waals surface area contributed by atoms with Gasteiger partial charge in [0, 0.05) is 25.4 Å². The molecule has 0 spiro atoms. The number of hydrazine groups is 1. The van der Waals surface area contributed by atoms with Crippen LogP contribution < -0.4 is 11.3 Å². The largest absolute Gasteiger partial charge is 0.335 e. The highest BCUT2D eigenvalue weighted by molar-refractivity contribution is 7.05. The van der Waals surface area contributed by atoms with Gasteiger partial charge in [-0.1, -0.05) is 11.4 Å². The van der Waals surface area contributed by atoms with Crippen LogP contribution in [0.25, 0.3) is 0 Å². The third-order valence-corrected chi connectivity index (χ3v) is 3.85. The maximum absolute atomic E-state index is 5.66. The molecule has 0 aromatic carbocycles. The van der Waals surface area contributed by atoms with Gasteiger partial charge in [0.25, 0.3) is 0 Å². The Hall–Kier alpha value is -1.31. The molecule has 0 aliphatic rings. The fourth-order valence-electron chi connectivity index (χ4n) is 1.95. The van der Waals surface area contributed by atoms with Gasteiger partial charge in [0.2, 0.25) is 0 Å². The van der Waals surface area contributed by atoms with E-state index in [1.807, 2.05) is 12.4 Å². The molecule has 0 aliphatic heterocycles. The van der Waals surface area contributed by atoms with Crippen LogP contribution in [0.2, 0.25) is 0 Å². The smallest absolute Gasteiger partial charge is 0.110 e. The van der Waals surface area contributed by atoms with E-state index in [4.69, 9.17) is 5.84 Å². The van der Waals surface area contributed by atoms with E-state index in [0.29, 0.717) is 0 Å². The minimum absolute atomic E-state index is 0.0210. The average Bonchev–Trinajstić information content (AvgIpc) is 3.03. The summed E-state index contributed by atoms with van der Waals surface area (Å²) in [4.78, 5) is 5.47. The monoisotopic (exact) mass is 266 g/mol. The molecule has 2 heterocycles. The number of hydrogen-bond acceptors (Lipinski definition) is 6. The van der Waals surface area contributed by atoms with Gasteiger partial charge < -0.3 is 4.57 Å². The van der Waals surface area contributed by atoms with Gasteiger partial charge in [-0.2, -0.15) is 0 Å². The van der Waals surface area contributed by atoms with Gasteiger partial charge in [0.05, 0.1) is 16.6 Å². The standard InChI is InChI=1S/C11H18N6S/c1-3-8-11(18-16-15-8)9(14-12)7-10-13-5-6-17(10)4-2/h5-6,9,14H,3-4,7,12H2,1-2H3. The van der Waals surface area contributed by atoms with Crippen molar-refractivity contribution in [3.8, 4) is 0 Å². The Morgan fingerprint density at radius 1 is 1.50 bits per heavy atom. The fourth-order valence-corrected chi connectivity index (χ4v) is 2.75. The molecule has 98 valence electrons. The summed E-state index contributed by atoms with van der Waals surface area (Å²) in [6.07, 6.45) is 5.41. The first-order valence-electron chi connectivity index (χ1n) is 6.07. The number of aromatic nitrogens is 4. The Labute approximate surface area is 110 Å². The molecule has 0 amide bonds. The van der Waals surface area contributed by atoms with Crippen molar-refractivity contribution in [2.24, 2.45) is 5.84 Å². The van der Waals surface area contributed by atoms with Crippen LogP contribution >= 0.6 is 11.5 Å². The molecule has 3 N–H and O–H groups in total. The molecule has 6 nitrogen and oxygen atoms in total. The molecular formula is C11H18N6S. The molecule has 0 radical (unpaired) electrons. The van der Waals surface area contributed by atoms with Crippen molar-refractivity contribution in [1.29, 1.82) is 0 Å². The van der Waals surface area contributed by atoms with Crippen molar-refractivity contribution in [2.45, 2.75) is 39.3 Å². The molecule has 0 aliphatic carbocycles. The molecule has 1 atom stereocenters. The second-order valence-electron chi connectivity index (χ2n) is 3.99. The van der Waals surface area contributed by atoms with Crippen molar-refractivity contribution in [3.05, 3.63) is 28.8 Å². The number of rotatable bonds is 6. The molecule has 0 fully saturated rings. The number of imidazole rings is 1. The van der Waals surface area contributed by atoms with E-state index in [-0.39, 0.29) is 6.04 Å². The predicted molar refractivity (Wildman–Crippen MR) is 71.0 cm³/mol. The Morgan fingerprint density at radius 3 is 3.00 bits per heavy atom. The average molecular weight is 266 g/mol. The van der Waals surface area contributed by atoms with Crippen LogP contribution in [0.1, 0.15) is 36.3 Å². The lowest BCUT2D eigenvalue weighted by atomic mass is 10.1. The normalized spacial score (nSPS) is 12.8. The molecular weight excluding hydrogens is 248 g/mol. The first-order valence-corrected chi connectivity index (χ1v) is 6.84. The van der Waals surface area contributed by atoms with Crippen LogP contribution in [0.5, 0.6) is 0 Å². The van der Waals surface area contributed by atoms with E-state index in [9.17, 15) is 0 Å². The van der Waals surface area contributed by atoms with Gasteiger partial charge in [-0.25, -0.2) is 4.98 Å². The van der Waals surface area contributed by atoms with E-state index < -0.39 is 0 Å². The number of nitrogens with two attached hydrogens (primary N) is 1. The van der Waals surface area contributed by atoms with Crippen molar-refractivity contribution in [3.63, 3.8) is 0 Å². The molecule has 2 aromatic rings. The lowest BCUT2D eigenvalue weighted by molar-refractivity contribution is 0.526. The van der Waals surface area contributed by atoms with Crippen molar-refractivity contribution < 1.29 is 0 Å². The Balaban J connectivity index is 2.20. The van der Waals surface area contributed by atoms with Gasteiger partial charge in [-0.15, -0.1) is 5.10 Å². The zero-order chi connectivity index (χ0) is 13.0. The van der Waals surface area contributed by atoms with Crippen molar-refractivity contribution in [1.82, 2.24) is 24.6 Å². The van der Waals surface area contributed by atoms with Gasteiger partial charge in [0.15, 0.2) is 0 Å². The van der Waals surface area contributed by atoms with Crippen LogP contribution in [0.3, 0.4) is 0 Å². The molecule has 0 saturated carbocycles. The lowest BCUT2D eigenvalue weighted by Crippen LogP contribution is -2.30. The predicted octanol–water partition coefficient (Wildman–Crippen LogP) is 1.06. The Morgan fingerprint density at radius 2 is 2.33 bits per heavy atom. The van der Waals surface area contributed by atoms with Crippen LogP contribution in [-0.2, 0) is 19.4 Å². The highest BCUT2D eigenvalue weighted by Gasteiger charge is 2.19. The van der Waals surface area contributed by atoms with Crippen LogP contribution in [-0.4, -0.2) is 19.1 Å². The summed E-state index contributed by atoms with van der Waals surface area (Å²) in [6, 6.07) is 0.0210. The highest BCUT2D eigenvalue weighted by atomic mass is 32.1. The van der Waals surface area contributed by atoms with E-state index in [1.54, 1.807) is 0 Å². The summed E-state index contributed by atoms with van der Waals surface area (Å²) < 4.78 is 6.12. The molecule has 0 saturated heterocycles. The third-order valence-electron chi connectivity index (χ3n) is 2.97. The zero-order valence-corrected chi connectivity index (χ0v) is 11.4. The third kappa shape index (κ3) is 2.58. The zero-order valence-electron chi connectivity index (χ0n) is 10.6. The van der Waals surface area contributed by atoms with Crippen molar-refractivity contribution in [2.75, 3.05) is 0 Å². The molecule has 2 rings (SSSR count). The summed E-state index contributed by atoms with van der Waals surface area (Å²) in [5.41, 5.74) is 3.86. The van der Waals surface area contributed by atoms with E-state index in [1.165, 1.54) is 11.5 Å². The minimum Gasteiger partial charge on any atom is -0.335 e. The summed E-state index contributed by atoms with van der Waals surface area (Å²) in [5, 5.41) is 4.12. The first kappa shape index (κ1) is 13.1. The fraction of sp³-hybridized carbons (Fsp3) is 0.545. The quantitative estimate of drug-likeness (QED) is 0.603. The second-order valence-corrected chi connectivity index (χ2v) is 4.78. The minimum atomic E-state index is 0.0210. The maximum atomic E-state index is 5.66. The molecule has 2 aromatic heterocycles. The molecule has 18 heavy (non-hydrogen) atoms. The topological polar surface area (TPSA) is 81.7 Å². The SMILES string of the molecule is CCc1nnsc1C(Cc1nccn1CC)NN. The summed E-state index contributed by atoms with van der Waals surface area (Å²) in [7, 11) is 0. The van der Waals surface area contributed by atoms with Crippen molar-refractivity contribution >= 4 is 11.5 Å². The lowest BCUT2D eigenvalue weighted by Gasteiger charge is -2.15. The first-order chi connectivity index (χ1) is 8.80. The second kappa shape index (κ2) is 6.03. The van der Waals surface area contributed by atoms with Gasteiger partial charge in [0.1, 0.15) is 5.82 Å². The molecule has 0 bridgehead atoms. The maximum Gasteiger partial charge on any atom is 0.110 e. The van der Waals surface area contributed by atoms with E-state index in [2.05, 4.69) is 38.4 Å². The van der Waals surface area contributed by atoms with Gasteiger partial charge in [-0.3, -0.25) is 11.3 Å². The molecule has 1 unspecified atom stereocenters. The summed E-state index contributed by atoms with van der Waals surface area (Å²) >= 11 is 1.40. The Kier molecular flexibility index (Phi) is 4.40. The van der Waals surface area contributed by atoms with Gasteiger partial charge in [-0.05, 0) is 24.9 Å². The summed E-state index contributed by atoms with van der Waals surface area (Å²) in [6.45, 7) is 5.08. The highest BCUT2D eigenvalue weighted by Crippen LogP contribution is 2.23. The number of nitrogens with one attached hydrogen (secondary N) is 1. The number of aryl methyl sites for hydroxylation is 2. The number of hydrogen-bond donors (Lipinski definition) is 2. The van der Waals surface area contributed by atoms with E-state index >= 15 is 0 Å². The summed E-state index contributed by atoms with van der Waals surface area (Å²) in [5.74, 6) is 6.68. The van der Waals surface area contributed by atoms with Gasteiger partial charge >= 0.3 is 0 Å².